The number of aliphatic hydroxyl groups excluding tert-OH is 1. The third-order valence-electron chi connectivity index (χ3n) is 2.58. The molecule has 1 rings (SSSR count). The lowest BCUT2D eigenvalue weighted by atomic mass is 10.1. The molecule has 0 heterocycles. The van der Waals surface area contributed by atoms with Crippen molar-refractivity contribution in [1.29, 1.82) is 0 Å². The molecule has 2 unspecified atom stereocenters. The van der Waals surface area contributed by atoms with Crippen LogP contribution in [-0.4, -0.2) is 37.4 Å². The fourth-order valence-electron chi connectivity index (χ4n) is 1.67. The Kier molecular flexibility index (Phi) is 6.32. The van der Waals surface area contributed by atoms with E-state index in [9.17, 15) is 9.90 Å². The molecule has 0 aromatic heterocycles. The SMILES string of the molecule is CCOc1ccc(C(NCC(C)O)C(=O)OC)cc1. The Morgan fingerprint density at radius 1 is 1.37 bits per heavy atom. The first kappa shape index (κ1) is 15.5. The average Bonchev–Trinajstić information content (AvgIpc) is 2.40. The Hall–Kier alpha value is -1.59. The highest BCUT2D eigenvalue weighted by molar-refractivity contribution is 5.77. The molecule has 0 aliphatic heterocycles. The van der Waals surface area contributed by atoms with E-state index in [1.807, 2.05) is 19.1 Å². The number of hydrogen-bond donors (Lipinski definition) is 2. The number of rotatable bonds is 7. The molecule has 0 bridgehead atoms. The van der Waals surface area contributed by atoms with Crippen molar-refractivity contribution in [2.45, 2.75) is 26.0 Å². The molecule has 1 aromatic carbocycles. The van der Waals surface area contributed by atoms with Gasteiger partial charge in [-0.1, -0.05) is 12.1 Å². The molecule has 0 saturated heterocycles. The maximum atomic E-state index is 11.7. The van der Waals surface area contributed by atoms with Gasteiger partial charge in [-0.2, -0.15) is 0 Å². The third kappa shape index (κ3) is 4.89. The summed E-state index contributed by atoms with van der Waals surface area (Å²) in [6.07, 6.45) is -0.533. The van der Waals surface area contributed by atoms with E-state index in [1.54, 1.807) is 19.1 Å². The molecule has 0 amide bonds. The van der Waals surface area contributed by atoms with Gasteiger partial charge in [0.05, 0.1) is 19.8 Å². The van der Waals surface area contributed by atoms with Gasteiger partial charge in [-0.05, 0) is 31.5 Å². The molecular formula is C14H21NO4. The maximum Gasteiger partial charge on any atom is 0.327 e. The summed E-state index contributed by atoms with van der Waals surface area (Å²) in [5, 5.41) is 12.3. The number of carbonyl (C=O) groups is 1. The molecular weight excluding hydrogens is 246 g/mol. The lowest BCUT2D eigenvalue weighted by molar-refractivity contribution is -0.143. The zero-order chi connectivity index (χ0) is 14.3. The van der Waals surface area contributed by atoms with Crippen LogP contribution in [-0.2, 0) is 9.53 Å². The van der Waals surface area contributed by atoms with Crippen LogP contribution in [0.3, 0.4) is 0 Å². The van der Waals surface area contributed by atoms with Gasteiger partial charge in [-0.25, -0.2) is 4.79 Å². The van der Waals surface area contributed by atoms with E-state index in [4.69, 9.17) is 9.47 Å². The monoisotopic (exact) mass is 267 g/mol. The Balaban J connectivity index is 2.81. The summed E-state index contributed by atoms with van der Waals surface area (Å²) in [6, 6.07) is 6.64. The number of ether oxygens (including phenoxy) is 2. The molecule has 0 spiro atoms. The van der Waals surface area contributed by atoms with Crippen molar-refractivity contribution >= 4 is 5.97 Å². The fraction of sp³-hybridized carbons (Fsp3) is 0.500. The quantitative estimate of drug-likeness (QED) is 0.728. The Labute approximate surface area is 113 Å². The molecule has 0 aliphatic carbocycles. The number of aliphatic hydroxyl groups is 1. The number of esters is 1. The van der Waals surface area contributed by atoms with Crippen LogP contribution in [0.4, 0.5) is 0 Å². The minimum atomic E-state index is -0.588. The zero-order valence-corrected chi connectivity index (χ0v) is 11.6. The van der Waals surface area contributed by atoms with Crippen LogP contribution in [0.5, 0.6) is 5.75 Å². The van der Waals surface area contributed by atoms with E-state index in [0.29, 0.717) is 13.2 Å². The molecule has 1 aromatic rings. The van der Waals surface area contributed by atoms with Crippen molar-refractivity contribution in [3.8, 4) is 5.75 Å². The van der Waals surface area contributed by atoms with E-state index in [0.717, 1.165) is 11.3 Å². The highest BCUT2D eigenvalue weighted by Crippen LogP contribution is 2.19. The predicted molar refractivity (Wildman–Crippen MR) is 72.1 cm³/mol. The molecule has 0 saturated carbocycles. The average molecular weight is 267 g/mol. The van der Waals surface area contributed by atoms with E-state index < -0.39 is 12.1 Å². The van der Waals surface area contributed by atoms with E-state index in [-0.39, 0.29) is 5.97 Å². The summed E-state index contributed by atoms with van der Waals surface area (Å²) in [4.78, 5) is 11.7. The minimum Gasteiger partial charge on any atom is -0.494 e. The summed E-state index contributed by atoms with van der Waals surface area (Å²) in [6.45, 7) is 4.47. The van der Waals surface area contributed by atoms with E-state index in [1.165, 1.54) is 7.11 Å². The molecule has 19 heavy (non-hydrogen) atoms. The lowest BCUT2D eigenvalue weighted by Crippen LogP contribution is -2.34. The first-order valence-corrected chi connectivity index (χ1v) is 6.30. The summed E-state index contributed by atoms with van der Waals surface area (Å²) < 4.78 is 10.1. The first-order valence-electron chi connectivity index (χ1n) is 6.30. The van der Waals surface area contributed by atoms with Crippen LogP contribution in [0.2, 0.25) is 0 Å². The summed E-state index contributed by atoms with van der Waals surface area (Å²) in [7, 11) is 1.34. The Morgan fingerprint density at radius 2 is 2.00 bits per heavy atom. The van der Waals surface area contributed by atoms with Crippen LogP contribution in [0, 0.1) is 0 Å². The molecule has 0 radical (unpaired) electrons. The molecule has 5 nitrogen and oxygen atoms in total. The molecule has 5 heteroatoms. The van der Waals surface area contributed by atoms with Crippen molar-refractivity contribution in [1.82, 2.24) is 5.32 Å². The van der Waals surface area contributed by atoms with Crippen LogP contribution >= 0.6 is 0 Å². The highest BCUT2D eigenvalue weighted by atomic mass is 16.5. The lowest BCUT2D eigenvalue weighted by Gasteiger charge is -2.18. The van der Waals surface area contributed by atoms with Gasteiger partial charge >= 0.3 is 5.97 Å². The van der Waals surface area contributed by atoms with Crippen molar-refractivity contribution in [2.75, 3.05) is 20.3 Å². The van der Waals surface area contributed by atoms with Gasteiger partial charge in [-0.3, -0.25) is 5.32 Å². The van der Waals surface area contributed by atoms with Gasteiger partial charge in [0.15, 0.2) is 0 Å². The number of hydrogen-bond acceptors (Lipinski definition) is 5. The van der Waals surface area contributed by atoms with Crippen molar-refractivity contribution in [3.63, 3.8) is 0 Å². The second-order valence-corrected chi connectivity index (χ2v) is 4.22. The minimum absolute atomic E-state index is 0.312. The van der Waals surface area contributed by atoms with Crippen molar-refractivity contribution in [2.24, 2.45) is 0 Å². The molecule has 0 fully saturated rings. The number of methoxy groups -OCH3 is 1. The highest BCUT2D eigenvalue weighted by Gasteiger charge is 2.21. The number of carbonyl (C=O) groups excluding carboxylic acids is 1. The van der Waals surface area contributed by atoms with Crippen LogP contribution < -0.4 is 10.1 Å². The number of nitrogens with one attached hydrogen (secondary N) is 1. The van der Waals surface area contributed by atoms with E-state index >= 15 is 0 Å². The summed E-state index contributed by atoms with van der Waals surface area (Å²) in [5.74, 6) is 0.371. The van der Waals surface area contributed by atoms with Crippen molar-refractivity contribution < 1.29 is 19.4 Å². The second-order valence-electron chi connectivity index (χ2n) is 4.22. The van der Waals surface area contributed by atoms with E-state index in [2.05, 4.69) is 5.32 Å². The van der Waals surface area contributed by atoms with Crippen molar-refractivity contribution in [3.05, 3.63) is 29.8 Å². The normalized spacial score (nSPS) is 13.7. The van der Waals surface area contributed by atoms with Gasteiger partial charge < -0.3 is 14.6 Å². The Morgan fingerprint density at radius 3 is 2.47 bits per heavy atom. The topological polar surface area (TPSA) is 67.8 Å². The predicted octanol–water partition coefficient (Wildman–Crippen LogP) is 1.27. The van der Waals surface area contributed by atoms with Crippen LogP contribution in [0.1, 0.15) is 25.5 Å². The van der Waals surface area contributed by atoms with Gasteiger partial charge in [0.25, 0.3) is 0 Å². The standard InChI is InChI=1S/C14H21NO4/c1-4-19-12-7-5-11(6-8-12)13(14(17)18-3)15-9-10(2)16/h5-8,10,13,15-16H,4,9H2,1-3H3. The smallest absolute Gasteiger partial charge is 0.327 e. The first-order chi connectivity index (χ1) is 9.08. The van der Waals surface area contributed by atoms with Crippen LogP contribution in [0.25, 0.3) is 0 Å². The van der Waals surface area contributed by atoms with Crippen LogP contribution in [0.15, 0.2) is 24.3 Å². The summed E-state index contributed by atoms with van der Waals surface area (Å²) >= 11 is 0. The molecule has 106 valence electrons. The van der Waals surface area contributed by atoms with Gasteiger partial charge in [0, 0.05) is 6.54 Å². The second kappa shape index (κ2) is 7.76. The van der Waals surface area contributed by atoms with Gasteiger partial charge in [-0.15, -0.1) is 0 Å². The maximum absolute atomic E-state index is 11.7. The summed E-state index contributed by atoms with van der Waals surface area (Å²) in [5.41, 5.74) is 0.774. The number of benzene rings is 1. The zero-order valence-electron chi connectivity index (χ0n) is 11.6. The molecule has 2 N–H and O–H groups in total. The van der Waals surface area contributed by atoms with Gasteiger partial charge in [0.1, 0.15) is 11.8 Å². The Bertz CT molecular complexity index is 389. The fourth-order valence-corrected chi connectivity index (χ4v) is 1.67. The third-order valence-corrected chi connectivity index (χ3v) is 2.58. The largest absolute Gasteiger partial charge is 0.494 e. The molecule has 2 atom stereocenters. The van der Waals surface area contributed by atoms with Gasteiger partial charge in [0.2, 0.25) is 0 Å². The molecule has 0 aliphatic rings.